The highest BCUT2D eigenvalue weighted by Crippen LogP contribution is 2.22. The molecule has 6 nitrogen and oxygen atoms in total. The summed E-state index contributed by atoms with van der Waals surface area (Å²) in [4.78, 5) is 4.59. The lowest BCUT2D eigenvalue weighted by atomic mass is 10.1. The van der Waals surface area contributed by atoms with Crippen LogP contribution in [-0.4, -0.2) is 29.6 Å². The van der Waals surface area contributed by atoms with Gasteiger partial charge in [-0.15, -0.1) is 5.10 Å². The van der Waals surface area contributed by atoms with Gasteiger partial charge in [0.15, 0.2) is 0 Å². The van der Waals surface area contributed by atoms with E-state index in [1.165, 1.54) is 0 Å². The maximum atomic E-state index is 5.99. The van der Waals surface area contributed by atoms with Gasteiger partial charge in [0, 0.05) is 18.0 Å². The Labute approximate surface area is 124 Å². The van der Waals surface area contributed by atoms with Gasteiger partial charge in [0.1, 0.15) is 12.0 Å². The van der Waals surface area contributed by atoms with Crippen molar-refractivity contribution in [3.63, 3.8) is 0 Å². The van der Waals surface area contributed by atoms with Crippen LogP contribution in [0.4, 0.5) is 0 Å². The van der Waals surface area contributed by atoms with Crippen molar-refractivity contribution in [3.05, 3.63) is 60.1 Å². The van der Waals surface area contributed by atoms with E-state index in [1.54, 1.807) is 11.0 Å². The van der Waals surface area contributed by atoms with Crippen LogP contribution in [0.3, 0.4) is 0 Å². The third-order valence-electron chi connectivity index (χ3n) is 3.17. The Morgan fingerprint density at radius 2 is 2.00 bits per heavy atom. The van der Waals surface area contributed by atoms with E-state index in [4.69, 9.17) is 11.6 Å². The van der Waals surface area contributed by atoms with Crippen LogP contribution >= 0.6 is 11.6 Å². The first kappa shape index (κ1) is 12.0. The zero-order valence-electron chi connectivity index (χ0n) is 10.8. The molecule has 3 heterocycles. The van der Waals surface area contributed by atoms with E-state index in [2.05, 4.69) is 20.5 Å². The van der Waals surface area contributed by atoms with Crippen LogP contribution in [0, 0.1) is 0 Å². The molecule has 0 aliphatic carbocycles. The molecule has 0 radical (unpaired) electrons. The Balaban J connectivity index is 1.83. The quantitative estimate of drug-likeness (QED) is 0.570. The number of halogens is 1. The number of pyridine rings is 1. The summed E-state index contributed by atoms with van der Waals surface area (Å²) >= 11 is 5.99. The zero-order valence-corrected chi connectivity index (χ0v) is 11.5. The summed E-state index contributed by atoms with van der Waals surface area (Å²) < 4.78 is 3.51. The second kappa shape index (κ2) is 4.68. The molecule has 4 aromatic rings. The van der Waals surface area contributed by atoms with Gasteiger partial charge in [0.05, 0.1) is 16.4 Å². The number of hydrogen-bond donors (Lipinski definition) is 0. The normalized spacial score (nSPS) is 11.1. The van der Waals surface area contributed by atoms with Crippen molar-refractivity contribution >= 4 is 17.2 Å². The standard InChI is InChI=1S/C14H9ClN6/c15-11-4-5-14-17-13(8-20(14)7-11)10-2-1-3-12(6-10)21-9-16-18-19-21/h1-9H. The van der Waals surface area contributed by atoms with Gasteiger partial charge in [-0.05, 0) is 34.7 Å². The summed E-state index contributed by atoms with van der Waals surface area (Å²) in [6, 6.07) is 11.6. The Kier molecular flexibility index (Phi) is 2.68. The maximum Gasteiger partial charge on any atom is 0.143 e. The molecule has 0 bridgehead atoms. The molecule has 0 aliphatic rings. The molecular weight excluding hydrogens is 288 g/mol. The highest BCUT2D eigenvalue weighted by atomic mass is 35.5. The molecule has 0 saturated carbocycles. The number of tetrazole rings is 1. The average molecular weight is 297 g/mol. The molecule has 0 atom stereocenters. The molecule has 0 N–H and O–H groups in total. The Hall–Kier alpha value is -2.73. The fourth-order valence-corrected chi connectivity index (χ4v) is 2.36. The number of benzene rings is 1. The third kappa shape index (κ3) is 2.15. The van der Waals surface area contributed by atoms with Crippen molar-refractivity contribution in [1.82, 2.24) is 29.6 Å². The fourth-order valence-electron chi connectivity index (χ4n) is 2.19. The Bertz CT molecular complexity index is 912. The SMILES string of the molecule is Clc1ccc2nc(-c3cccc(-n4cnnn4)c3)cn2c1. The molecule has 0 aliphatic heterocycles. The van der Waals surface area contributed by atoms with Crippen molar-refractivity contribution < 1.29 is 0 Å². The van der Waals surface area contributed by atoms with Crippen LogP contribution in [0.5, 0.6) is 0 Å². The highest BCUT2D eigenvalue weighted by molar-refractivity contribution is 6.30. The highest BCUT2D eigenvalue weighted by Gasteiger charge is 2.06. The summed E-state index contributed by atoms with van der Waals surface area (Å²) in [6.07, 6.45) is 5.33. The van der Waals surface area contributed by atoms with Gasteiger partial charge >= 0.3 is 0 Å². The molecule has 21 heavy (non-hydrogen) atoms. The minimum Gasteiger partial charge on any atom is -0.305 e. The number of fused-ring (bicyclic) bond motifs is 1. The fraction of sp³-hybridized carbons (Fsp3) is 0. The van der Waals surface area contributed by atoms with Crippen LogP contribution in [0.1, 0.15) is 0 Å². The summed E-state index contributed by atoms with van der Waals surface area (Å²) in [5, 5.41) is 11.8. The summed E-state index contributed by atoms with van der Waals surface area (Å²) in [7, 11) is 0. The Morgan fingerprint density at radius 1 is 1.05 bits per heavy atom. The maximum absolute atomic E-state index is 5.99. The van der Waals surface area contributed by atoms with Gasteiger partial charge in [-0.3, -0.25) is 0 Å². The van der Waals surface area contributed by atoms with Crippen molar-refractivity contribution in [2.24, 2.45) is 0 Å². The molecule has 0 saturated heterocycles. The number of hydrogen-bond acceptors (Lipinski definition) is 4. The summed E-state index contributed by atoms with van der Waals surface area (Å²) in [6.45, 7) is 0. The first-order valence-electron chi connectivity index (χ1n) is 6.28. The molecule has 7 heteroatoms. The van der Waals surface area contributed by atoms with Crippen LogP contribution in [0.15, 0.2) is 55.1 Å². The van der Waals surface area contributed by atoms with Gasteiger partial charge < -0.3 is 4.40 Å². The molecule has 4 rings (SSSR count). The van der Waals surface area contributed by atoms with Crippen LogP contribution < -0.4 is 0 Å². The lowest BCUT2D eigenvalue weighted by Gasteiger charge is -2.01. The van der Waals surface area contributed by atoms with E-state index in [0.717, 1.165) is 22.6 Å². The molecule has 0 spiro atoms. The van der Waals surface area contributed by atoms with Crippen LogP contribution in [-0.2, 0) is 0 Å². The number of imidazole rings is 1. The predicted molar refractivity (Wildman–Crippen MR) is 78.4 cm³/mol. The van der Waals surface area contributed by atoms with E-state index in [9.17, 15) is 0 Å². The van der Waals surface area contributed by atoms with Crippen molar-refractivity contribution in [3.8, 4) is 16.9 Å². The molecule has 1 aromatic carbocycles. The molecule has 3 aromatic heterocycles. The molecule has 0 unspecified atom stereocenters. The predicted octanol–water partition coefficient (Wildman–Crippen LogP) is 2.63. The van der Waals surface area contributed by atoms with Gasteiger partial charge in [0.25, 0.3) is 0 Å². The van der Waals surface area contributed by atoms with E-state index >= 15 is 0 Å². The molecule has 102 valence electrons. The second-order valence-electron chi connectivity index (χ2n) is 4.54. The first-order chi connectivity index (χ1) is 10.3. The molecular formula is C14H9ClN6. The van der Waals surface area contributed by atoms with Crippen molar-refractivity contribution in [2.75, 3.05) is 0 Å². The zero-order chi connectivity index (χ0) is 14.2. The molecule has 0 fully saturated rings. The minimum atomic E-state index is 0.675. The molecule has 0 amide bonds. The monoisotopic (exact) mass is 296 g/mol. The topological polar surface area (TPSA) is 60.9 Å². The lowest BCUT2D eigenvalue weighted by molar-refractivity contribution is 0.789. The van der Waals surface area contributed by atoms with Crippen LogP contribution in [0.25, 0.3) is 22.6 Å². The van der Waals surface area contributed by atoms with Crippen molar-refractivity contribution in [2.45, 2.75) is 0 Å². The number of nitrogens with zero attached hydrogens (tertiary/aromatic N) is 6. The van der Waals surface area contributed by atoms with Gasteiger partial charge in [-0.2, -0.15) is 0 Å². The van der Waals surface area contributed by atoms with Gasteiger partial charge in [-0.25, -0.2) is 9.67 Å². The smallest absolute Gasteiger partial charge is 0.143 e. The van der Waals surface area contributed by atoms with Gasteiger partial charge in [0.2, 0.25) is 0 Å². The van der Waals surface area contributed by atoms with E-state index < -0.39 is 0 Å². The van der Waals surface area contributed by atoms with E-state index in [0.29, 0.717) is 5.02 Å². The lowest BCUT2D eigenvalue weighted by Crippen LogP contribution is -1.95. The van der Waals surface area contributed by atoms with E-state index in [1.807, 2.05) is 53.2 Å². The summed E-state index contributed by atoms with van der Waals surface area (Å²) in [5.41, 5.74) is 3.59. The van der Waals surface area contributed by atoms with Crippen molar-refractivity contribution in [1.29, 1.82) is 0 Å². The van der Waals surface area contributed by atoms with Crippen LogP contribution in [0.2, 0.25) is 5.02 Å². The van der Waals surface area contributed by atoms with E-state index in [-0.39, 0.29) is 0 Å². The minimum absolute atomic E-state index is 0.675. The Morgan fingerprint density at radius 3 is 2.86 bits per heavy atom. The summed E-state index contributed by atoms with van der Waals surface area (Å²) in [5.74, 6) is 0. The average Bonchev–Trinajstić information content (AvgIpc) is 3.16. The second-order valence-corrected chi connectivity index (χ2v) is 4.98. The first-order valence-corrected chi connectivity index (χ1v) is 6.65. The third-order valence-corrected chi connectivity index (χ3v) is 3.39. The number of rotatable bonds is 2. The largest absolute Gasteiger partial charge is 0.305 e. The van der Waals surface area contributed by atoms with Gasteiger partial charge in [-0.1, -0.05) is 23.7 Å². The number of aromatic nitrogens is 6.